The minimum absolute atomic E-state index is 0.0226. The number of hydrogen-bond donors (Lipinski definition) is 2. The fourth-order valence-corrected chi connectivity index (χ4v) is 4.91. The van der Waals surface area contributed by atoms with Gasteiger partial charge in [0.15, 0.2) is 0 Å². The Bertz CT molecular complexity index is 918. The van der Waals surface area contributed by atoms with E-state index in [0.717, 1.165) is 21.7 Å². The number of thioether (sulfide) groups is 1. The highest BCUT2D eigenvalue weighted by molar-refractivity contribution is 7.99. The van der Waals surface area contributed by atoms with E-state index < -0.39 is 0 Å². The molecule has 0 atom stereocenters. The van der Waals surface area contributed by atoms with Crippen LogP contribution in [0.1, 0.15) is 12.2 Å². The van der Waals surface area contributed by atoms with Gasteiger partial charge >= 0.3 is 0 Å². The van der Waals surface area contributed by atoms with Crippen LogP contribution in [0.2, 0.25) is 0 Å². The molecule has 0 aliphatic heterocycles. The molecular weight excluding hydrogens is 390 g/mol. The Labute approximate surface area is 163 Å². The van der Waals surface area contributed by atoms with Gasteiger partial charge in [-0.05, 0) is 17.9 Å². The summed E-state index contributed by atoms with van der Waals surface area (Å²) < 4.78 is 4.94. The molecule has 3 heterocycles. The molecule has 0 aliphatic carbocycles. The molecule has 0 saturated carbocycles. The molecule has 0 unspecified atom stereocenters. The van der Waals surface area contributed by atoms with Gasteiger partial charge in [0.05, 0.1) is 16.9 Å². The Hall–Kier alpha value is -1.68. The summed E-state index contributed by atoms with van der Waals surface area (Å²) >= 11 is 4.51. The lowest BCUT2D eigenvalue weighted by atomic mass is 10.2. The van der Waals surface area contributed by atoms with Crippen LogP contribution in [-0.4, -0.2) is 41.9 Å². The lowest BCUT2D eigenvalue weighted by Gasteiger charge is -2.05. The molecule has 0 aliphatic rings. The number of aromatic amines is 1. The molecule has 0 bridgehead atoms. The number of ether oxygens (including phenoxy) is 1. The Morgan fingerprint density at radius 3 is 3.08 bits per heavy atom. The Morgan fingerprint density at radius 1 is 1.42 bits per heavy atom. The van der Waals surface area contributed by atoms with E-state index in [1.54, 1.807) is 18.4 Å². The maximum absolute atomic E-state index is 12.5. The summed E-state index contributed by atoms with van der Waals surface area (Å²) in [5.74, 6) is 1.40. The second-order valence-corrected chi connectivity index (χ2v) is 8.30. The lowest BCUT2D eigenvalue weighted by molar-refractivity contribution is -0.118. The summed E-state index contributed by atoms with van der Waals surface area (Å²) in [5, 5.41) is 7.44. The quantitative estimate of drug-likeness (QED) is 0.531. The van der Waals surface area contributed by atoms with Crippen LogP contribution in [0, 0.1) is 0 Å². The second-order valence-electron chi connectivity index (χ2n) is 5.51. The smallest absolute Gasteiger partial charge is 0.260 e. The summed E-state index contributed by atoms with van der Waals surface area (Å²) in [6.45, 7) is 1.24. The molecule has 9 heteroatoms. The molecule has 3 aromatic heterocycles. The van der Waals surface area contributed by atoms with E-state index in [0.29, 0.717) is 35.9 Å². The highest BCUT2D eigenvalue weighted by atomic mass is 32.2. The number of amides is 1. The van der Waals surface area contributed by atoms with Gasteiger partial charge in [-0.2, -0.15) is 0 Å². The molecule has 0 radical (unpaired) electrons. The molecule has 0 saturated heterocycles. The summed E-state index contributed by atoms with van der Waals surface area (Å²) in [6.07, 6.45) is 0.795. The van der Waals surface area contributed by atoms with Gasteiger partial charge in [0.25, 0.3) is 5.56 Å². The van der Waals surface area contributed by atoms with Gasteiger partial charge in [-0.3, -0.25) is 9.59 Å². The number of H-pyrrole nitrogens is 1. The predicted octanol–water partition coefficient (Wildman–Crippen LogP) is 3.10. The molecule has 138 valence electrons. The van der Waals surface area contributed by atoms with E-state index in [2.05, 4.69) is 15.3 Å². The van der Waals surface area contributed by atoms with E-state index in [4.69, 9.17) is 4.74 Å². The van der Waals surface area contributed by atoms with Crippen molar-refractivity contribution in [3.8, 4) is 10.4 Å². The number of hydrogen-bond acceptors (Lipinski definition) is 7. The Morgan fingerprint density at radius 2 is 2.31 bits per heavy atom. The van der Waals surface area contributed by atoms with Crippen LogP contribution in [0.4, 0.5) is 0 Å². The molecule has 26 heavy (non-hydrogen) atoms. The fraction of sp³-hybridized carbons (Fsp3) is 0.353. The fourth-order valence-electron chi connectivity index (χ4n) is 2.41. The monoisotopic (exact) mass is 409 g/mol. The number of aromatic nitrogens is 2. The van der Waals surface area contributed by atoms with Gasteiger partial charge < -0.3 is 15.0 Å². The molecule has 1 amide bonds. The summed E-state index contributed by atoms with van der Waals surface area (Å²) in [4.78, 5) is 33.4. The van der Waals surface area contributed by atoms with Crippen molar-refractivity contribution in [1.29, 1.82) is 0 Å². The van der Waals surface area contributed by atoms with Crippen molar-refractivity contribution in [2.75, 3.05) is 26.0 Å². The first-order valence-corrected chi connectivity index (χ1v) is 11.0. The van der Waals surface area contributed by atoms with E-state index >= 15 is 0 Å². The molecule has 2 N–H and O–H groups in total. The summed E-state index contributed by atoms with van der Waals surface area (Å²) in [6, 6.07) is 3.97. The number of nitrogens with one attached hydrogen (secondary N) is 2. The summed E-state index contributed by atoms with van der Waals surface area (Å²) in [7, 11) is 1.64. The van der Waals surface area contributed by atoms with Gasteiger partial charge in [0, 0.05) is 36.1 Å². The van der Waals surface area contributed by atoms with Crippen molar-refractivity contribution < 1.29 is 9.53 Å². The molecule has 0 fully saturated rings. The van der Waals surface area contributed by atoms with Crippen molar-refractivity contribution in [2.45, 2.75) is 12.2 Å². The molecule has 0 aromatic carbocycles. The van der Waals surface area contributed by atoms with E-state index in [1.807, 2.05) is 22.9 Å². The van der Waals surface area contributed by atoms with Crippen molar-refractivity contribution >= 4 is 50.6 Å². The van der Waals surface area contributed by atoms with Crippen LogP contribution in [0.25, 0.3) is 20.7 Å². The maximum atomic E-state index is 12.5. The zero-order chi connectivity index (χ0) is 18.4. The third-order valence-corrected chi connectivity index (χ3v) is 6.32. The number of fused-ring (bicyclic) bond motifs is 1. The van der Waals surface area contributed by atoms with Crippen LogP contribution >= 0.6 is 34.4 Å². The maximum Gasteiger partial charge on any atom is 0.260 e. The van der Waals surface area contributed by atoms with E-state index in [1.165, 1.54) is 23.1 Å². The molecule has 3 rings (SSSR count). The first-order valence-electron chi connectivity index (χ1n) is 8.06. The number of nitrogens with zero attached hydrogens (tertiary/aromatic N) is 1. The average Bonchev–Trinajstić information content (AvgIpc) is 3.28. The zero-order valence-electron chi connectivity index (χ0n) is 14.2. The van der Waals surface area contributed by atoms with Gasteiger partial charge in [0.1, 0.15) is 10.7 Å². The van der Waals surface area contributed by atoms with Crippen molar-refractivity contribution in [3.05, 3.63) is 39.1 Å². The zero-order valence-corrected chi connectivity index (χ0v) is 16.7. The van der Waals surface area contributed by atoms with Crippen LogP contribution in [0.5, 0.6) is 0 Å². The van der Waals surface area contributed by atoms with Crippen molar-refractivity contribution in [2.24, 2.45) is 0 Å². The molecule has 0 spiro atoms. The summed E-state index contributed by atoms with van der Waals surface area (Å²) in [5.41, 5.74) is 0.808. The predicted molar refractivity (Wildman–Crippen MR) is 109 cm³/mol. The second kappa shape index (κ2) is 9.31. The molecule has 3 aromatic rings. The topological polar surface area (TPSA) is 84.1 Å². The molecular formula is C17H19N3O3S3. The average molecular weight is 410 g/mol. The van der Waals surface area contributed by atoms with Gasteiger partial charge in [-0.15, -0.1) is 34.4 Å². The van der Waals surface area contributed by atoms with Crippen LogP contribution in [-0.2, 0) is 15.3 Å². The Balaban J connectivity index is 1.60. The third-order valence-electron chi connectivity index (χ3n) is 3.60. The van der Waals surface area contributed by atoms with Crippen molar-refractivity contribution in [1.82, 2.24) is 15.3 Å². The van der Waals surface area contributed by atoms with Gasteiger partial charge in [-0.1, -0.05) is 6.07 Å². The third kappa shape index (κ3) is 4.73. The molecule has 6 nitrogen and oxygen atoms in total. The lowest BCUT2D eigenvalue weighted by Crippen LogP contribution is -2.27. The largest absolute Gasteiger partial charge is 0.385 e. The number of methoxy groups -OCH3 is 1. The van der Waals surface area contributed by atoms with E-state index in [9.17, 15) is 9.59 Å². The number of thiophene rings is 2. The van der Waals surface area contributed by atoms with Gasteiger partial charge in [-0.25, -0.2) is 4.98 Å². The SMILES string of the molecule is COCCCNC(=O)CSCc1nc2scc(-c3cccs3)c2c(=O)[nH]1. The minimum atomic E-state index is -0.126. The normalized spacial score (nSPS) is 11.1. The van der Waals surface area contributed by atoms with Crippen LogP contribution in [0.15, 0.2) is 27.7 Å². The Kier molecular flexibility index (Phi) is 6.84. The van der Waals surface area contributed by atoms with Crippen LogP contribution in [0.3, 0.4) is 0 Å². The van der Waals surface area contributed by atoms with Gasteiger partial charge in [0.2, 0.25) is 5.91 Å². The highest BCUT2D eigenvalue weighted by Crippen LogP contribution is 2.33. The van der Waals surface area contributed by atoms with Crippen LogP contribution < -0.4 is 10.9 Å². The first kappa shape index (κ1) is 19.1. The number of carbonyl (C=O) groups is 1. The number of rotatable bonds is 9. The number of carbonyl (C=O) groups excluding carboxylic acids is 1. The standard InChI is InChI=1S/C17H19N3O3S3/c1-23-6-3-5-18-14(21)10-24-9-13-19-16(22)15-11(8-26-17(15)20-13)12-4-2-7-25-12/h2,4,7-8H,3,5-6,9-10H2,1H3,(H,18,21)(H,19,20,22). The minimum Gasteiger partial charge on any atom is -0.385 e. The van der Waals surface area contributed by atoms with Crippen molar-refractivity contribution in [3.63, 3.8) is 0 Å². The highest BCUT2D eigenvalue weighted by Gasteiger charge is 2.13. The van der Waals surface area contributed by atoms with E-state index in [-0.39, 0.29) is 11.5 Å². The first-order chi connectivity index (χ1) is 12.7.